The van der Waals surface area contributed by atoms with E-state index in [1.54, 1.807) is 0 Å². The maximum Gasteiger partial charge on any atom is 0.328 e. The summed E-state index contributed by atoms with van der Waals surface area (Å²) in [6, 6.07) is 0.520. The predicted molar refractivity (Wildman–Crippen MR) is 86.3 cm³/mol. The Morgan fingerprint density at radius 3 is 2.25 bits per heavy atom. The number of ether oxygens (including phenoxy) is 2. The number of carboxylic acid groups (broad SMARTS) is 2. The highest BCUT2D eigenvalue weighted by Gasteiger charge is 2.07. The van der Waals surface area contributed by atoms with Gasteiger partial charge >= 0.3 is 5.97 Å². The standard InChI is InChI=1S/C12H27NO3.C4H4O4/c1-4-5-6-15-7-8-16-10-12(14)9-13-11(2)3;5-3(6)1-2-4(7)8/h11-14H,4-10H2,1-3H3;1-2H,(H,5,6)(H,7,8)/b;2-1+. The number of nitrogens with two attached hydrogens (primary N) is 1. The molecule has 0 bridgehead atoms. The van der Waals surface area contributed by atoms with Crippen LogP contribution in [0, 0.1) is 0 Å². The van der Waals surface area contributed by atoms with E-state index in [2.05, 4.69) is 26.1 Å². The van der Waals surface area contributed by atoms with Crippen molar-refractivity contribution in [2.75, 3.05) is 33.0 Å². The van der Waals surface area contributed by atoms with E-state index in [0.717, 1.165) is 19.4 Å². The highest BCUT2D eigenvalue weighted by Crippen LogP contribution is 1.88. The zero-order valence-electron chi connectivity index (χ0n) is 14.8. The summed E-state index contributed by atoms with van der Waals surface area (Å²) in [5.41, 5.74) is 0. The second-order valence-electron chi connectivity index (χ2n) is 5.40. The van der Waals surface area contributed by atoms with E-state index in [-0.39, 0.29) is 6.10 Å². The normalized spacial score (nSPS) is 12.0. The van der Waals surface area contributed by atoms with Gasteiger partial charge in [-0.25, -0.2) is 4.79 Å². The van der Waals surface area contributed by atoms with Gasteiger partial charge in [-0.15, -0.1) is 0 Å². The molecule has 24 heavy (non-hydrogen) atoms. The third-order valence-electron chi connectivity index (χ3n) is 2.57. The molecule has 0 spiro atoms. The Labute approximate surface area is 143 Å². The van der Waals surface area contributed by atoms with E-state index >= 15 is 0 Å². The number of hydrogen-bond acceptors (Lipinski definition) is 6. The smallest absolute Gasteiger partial charge is 0.328 e. The van der Waals surface area contributed by atoms with E-state index in [1.807, 2.05) is 0 Å². The van der Waals surface area contributed by atoms with Crippen LogP contribution in [-0.4, -0.2) is 67.3 Å². The van der Waals surface area contributed by atoms with Gasteiger partial charge in [0.2, 0.25) is 0 Å². The SMILES string of the molecule is CCCCOCCOCC(O)C[NH2+]C(C)C.O=C([O-])/C=C/C(=O)O. The number of carboxylic acids is 2. The van der Waals surface area contributed by atoms with Gasteiger partial charge in [0.15, 0.2) is 0 Å². The molecule has 1 atom stereocenters. The monoisotopic (exact) mass is 349 g/mol. The summed E-state index contributed by atoms with van der Waals surface area (Å²) in [6.07, 6.45) is 2.83. The lowest BCUT2D eigenvalue weighted by Crippen LogP contribution is -2.90. The molecule has 0 aromatic heterocycles. The Hall–Kier alpha value is -1.48. The molecule has 0 radical (unpaired) electrons. The van der Waals surface area contributed by atoms with Crippen LogP contribution in [0.15, 0.2) is 12.2 Å². The fourth-order valence-electron chi connectivity index (χ4n) is 1.32. The van der Waals surface area contributed by atoms with Gasteiger partial charge < -0.3 is 34.9 Å². The van der Waals surface area contributed by atoms with Crippen molar-refractivity contribution in [3.05, 3.63) is 12.2 Å². The Kier molecular flexibility index (Phi) is 18.4. The number of rotatable bonds is 13. The highest BCUT2D eigenvalue weighted by atomic mass is 16.5. The summed E-state index contributed by atoms with van der Waals surface area (Å²) in [4.78, 5) is 19.0. The summed E-state index contributed by atoms with van der Waals surface area (Å²) in [5, 5.41) is 28.9. The van der Waals surface area contributed by atoms with E-state index in [1.165, 1.54) is 0 Å². The van der Waals surface area contributed by atoms with Gasteiger partial charge in [-0.3, -0.25) is 0 Å². The Bertz CT molecular complexity index is 329. The summed E-state index contributed by atoms with van der Waals surface area (Å²) in [6.45, 7) is 9.47. The van der Waals surface area contributed by atoms with Gasteiger partial charge in [0, 0.05) is 12.7 Å². The molecule has 0 fully saturated rings. The lowest BCUT2D eigenvalue weighted by molar-refractivity contribution is -0.688. The first-order valence-electron chi connectivity index (χ1n) is 8.08. The Balaban J connectivity index is 0. The quantitative estimate of drug-likeness (QED) is 0.273. The third kappa shape index (κ3) is 25.5. The molecular weight excluding hydrogens is 318 g/mol. The van der Waals surface area contributed by atoms with Crippen molar-refractivity contribution in [3.63, 3.8) is 0 Å². The van der Waals surface area contributed by atoms with Crippen molar-refractivity contribution in [2.24, 2.45) is 0 Å². The first kappa shape index (κ1) is 24.8. The summed E-state index contributed by atoms with van der Waals surface area (Å²) in [5.74, 6) is -2.80. The molecule has 8 nitrogen and oxygen atoms in total. The molecule has 0 amide bonds. The minimum Gasteiger partial charge on any atom is -0.545 e. The number of aliphatic hydroxyl groups is 1. The number of carbonyl (C=O) groups is 2. The molecule has 0 saturated carbocycles. The molecule has 0 aromatic rings. The number of aliphatic hydroxyl groups excluding tert-OH is 1. The van der Waals surface area contributed by atoms with Crippen molar-refractivity contribution >= 4 is 11.9 Å². The maximum atomic E-state index is 9.54. The molecule has 0 rings (SSSR count). The fourth-order valence-corrected chi connectivity index (χ4v) is 1.32. The van der Waals surface area contributed by atoms with Crippen LogP contribution >= 0.6 is 0 Å². The van der Waals surface area contributed by atoms with Crippen molar-refractivity contribution < 1.29 is 39.7 Å². The average Bonchev–Trinajstić information content (AvgIpc) is 2.50. The second-order valence-corrected chi connectivity index (χ2v) is 5.40. The summed E-state index contributed by atoms with van der Waals surface area (Å²) < 4.78 is 10.7. The van der Waals surface area contributed by atoms with Gasteiger partial charge in [0.05, 0.1) is 31.8 Å². The van der Waals surface area contributed by atoms with Gasteiger partial charge in [-0.1, -0.05) is 13.3 Å². The molecule has 0 saturated heterocycles. The van der Waals surface area contributed by atoms with E-state index in [9.17, 15) is 19.8 Å². The Morgan fingerprint density at radius 2 is 1.79 bits per heavy atom. The predicted octanol–water partition coefficient (Wildman–Crippen LogP) is -1.47. The molecule has 0 aliphatic heterocycles. The third-order valence-corrected chi connectivity index (χ3v) is 2.57. The van der Waals surface area contributed by atoms with Crippen LogP contribution in [0.1, 0.15) is 33.6 Å². The fraction of sp³-hybridized carbons (Fsp3) is 0.750. The largest absolute Gasteiger partial charge is 0.545 e. The molecule has 0 aliphatic rings. The van der Waals surface area contributed by atoms with Crippen molar-refractivity contribution in [2.45, 2.75) is 45.8 Å². The molecule has 0 aliphatic carbocycles. The number of carbonyl (C=O) groups excluding carboxylic acids is 1. The van der Waals surface area contributed by atoms with Crippen LogP contribution < -0.4 is 10.4 Å². The van der Waals surface area contributed by atoms with Crippen molar-refractivity contribution in [1.29, 1.82) is 0 Å². The number of aliphatic carboxylic acids is 2. The van der Waals surface area contributed by atoms with Crippen LogP contribution in [0.3, 0.4) is 0 Å². The van der Waals surface area contributed by atoms with Gasteiger partial charge in [-0.2, -0.15) is 0 Å². The van der Waals surface area contributed by atoms with E-state index < -0.39 is 11.9 Å². The van der Waals surface area contributed by atoms with Crippen LogP contribution in [0.25, 0.3) is 0 Å². The number of hydrogen-bond donors (Lipinski definition) is 3. The van der Waals surface area contributed by atoms with Crippen molar-refractivity contribution in [3.8, 4) is 0 Å². The minimum atomic E-state index is -1.51. The average molecular weight is 349 g/mol. The Morgan fingerprint density at radius 1 is 1.17 bits per heavy atom. The van der Waals surface area contributed by atoms with Gasteiger partial charge in [0.1, 0.15) is 12.6 Å². The zero-order valence-corrected chi connectivity index (χ0v) is 14.8. The lowest BCUT2D eigenvalue weighted by Gasteiger charge is -2.12. The number of unbranched alkanes of at least 4 members (excludes halogenated alkanes) is 1. The van der Waals surface area contributed by atoms with E-state index in [0.29, 0.717) is 44.6 Å². The molecule has 4 N–H and O–H groups in total. The van der Waals surface area contributed by atoms with Gasteiger partial charge in [0.25, 0.3) is 0 Å². The zero-order chi connectivity index (χ0) is 18.8. The summed E-state index contributed by atoms with van der Waals surface area (Å²) >= 11 is 0. The molecular formula is C16H31NO7. The topological polar surface area (TPSA) is 133 Å². The van der Waals surface area contributed by atoms with Crippen LogP contribution in [0.4, 0.5) is 0 Å². The van der Waals surface area contributed by atoms with Crippen LogP contribution in [-0.2, 0) is 19.1 Å². The van der Waals surface area contributed by atoms with Crippen LogP contribution in [0.2, 0.25) is 0 Å². The molecule has 8 heteroatoms. The molecule has 142 valence electrons. The molecule has 0 aromatic carbocycles. The minimum absolute atomic E-state index is 0.377. The van der Waals surface area contributed by atoms with Crippen LogP contribution in [0.5, 0.6) is 0 Å². The summed E-state index contributed by atoms with van der Waals surface area (Å²) in [7, 11) is 0. The second kappa shape index (κ2) is 17.9. The van der Waals surface area contributed by atoms with Crippen molar-refractivity contribution in [1.82, 2.24) is 0 Å². The number of quaternary nitrogens is 1. The molecule has 0 heterocycles. The van der Waals surface area contributed by atoms with Gasteiger partial charge in [-0.05, 0) is 26.3 Å². The lowest BCUT2D eigenvalue weighted by atomic mass is 10.3. The highest BCUT2D eigenvalue weighted by molar-refractivity contribution is 5.88. The van der Waals surface area contributed by atoms with E-state index in [4.69, 9.17) is 14.6 Å². The first-order valence-corrected chi connectivity index (χ1v) is 8.08. The first-order chi connectivity index (χ1) is 11.3. The maximum absolute atomic E-state index is 9.54. The molecule has 1 unspecified atom stereocenters.